The van der Waals surface area contributed by atoms with E-state index in [0.29, 0.717) is 12.3 Å². The molecular weight excluding hydrogens is 278 g/mol. The molecule has 2 heterocycles. The van der Waals surface area contributed by atoms with Gasteiger partial charge >= 0.3 is 0 Å². The monoisotopic (exact) mass is 301 g/mol. The molecule has 0 amide bonds. The fourth-order valence-electron chi connectivity index (χ4n) is 2.54. The molecule has 1 unspecified atom stereocenters. The lowest BCUT2D eigenvalue weighted by molar-refractivity contribution is 0.0626. The van der Waals surface area contributed by atoms with E-state index in [4.69, 9.17) is 9.26 Å². The first-order valence-electron chi connectivity index (χ1n) is 7.00. The van der Waals surface area contributed by atoms with E-state index in [1.165, 1.54) is 0 Å². The van der Waals surface area contributed by atoms with E-state index in [0.717, 1.165) is 25.0 Å². The molecule has 0 saturated carbocycles. The first-order valence-corrected chi connectivity index (χ1v) is 8.82. The molecule has 0 spiro atoms. The van der Waals surface area contributed by atoms with Crippen LogP contribution in [0.25, 0.3) is 0 Å². The SMILES string of the molecule is CC(C)(C)c1conc1CS(=O)(=O)CC1CCCOC1. The highest BCUT2D eigenvalue weighted by atomic mass is 32.2. The Morgan fingerprint density at radius 1 is 1.40 bits per heavy atom. The van der Waals surface area contributed by atoms with Gasteiger partial charge in [0.1, 0.15) is 12.0 Å². The van der Waals surface area contributed by atoms with Gasteiger partial charge in [-0.2, -0.15) is 0 Å². The smallest absolute Gasteiger partial charge is 0.156 e. The van der Waals surface area contributed by atoms with Crippen LogP contribution in [-0.2, 0) is 25.7 Å². The highest BCUT2D eigenvalue weighted by Crippen LogP contribution is 2.27. The maximum atomic E-state index is 12.3. The molecule has 20 heavy (non-hydrogen) atoms. The molecule has 2 rings (SSSR count). The molecule has 1 aromatic rings. The van der Waals surface area contributed by atoms with E-state index in [2.05, 4.69) is 5.16 Å². The molecule has 114 valence electrons. The van der Waals surface area contributed by atoms with Crippen molar-refractivity contribution in [2.24, 2.45) is 5.92 Å². The van der Waals surface area contributed by atoms with Gasteiger partial charge in [0.05, 0.1) is 18.1 Å². The van der Waals surface area contributed by atoms with Gasteiger partial charge in [0, 0.05) is 12.2 Å². The Labute approximate surface area is 120 Å². The molecule has 1 atom stereocenters. The molecule has 1 aromatic heterocycles. The van der Waals surface area contributed by atoms with Crippen molar-refractivity contribution < 1.29 is 17.7 Å². The molecule has 0 bridgehead atoms. The fourth-order valence-corrected chi connectivity index (χ4v) is 4.26. The lowest BCUT2D eigenvalue weighted by Crippen LogP contribution is -2.26. The largest absolute Gasteiger partial charge is 0.381 e. The van der Waals surface area contributed by atoms with Crippen LogP contribution in [0.2, 0.25) is 0 Å². The van der Waals surface area contributed by atoms with E-state index < -0.39 is 9.84 Å². The minimum atomic E-state index is -3.19. The first kappa shape index (κ1) is 15.5. The van der Waals surface area contributed by atoms with Crippen LogP contribution in [0.4, 0.5) is 0 Å². The molecule has 0 N–H and O–H groups in total. The van der Waals surface area contributed by atoms with Gasteiger partial charge in [0.15, 0.2) is 9.84 Å². The van der Waals surface area contributed by atoms with Gasteiger partial charge in [-0.15, -0.1) is 0 Å². The van der Waals surface area contributed by atoms with Crippen LogP contribution in [0.5, 0.6) is 0 Å². The van der Waals surface area contributed by atoms with Crippen molar-refractivity contribution in [1.29, 1.82) is 0 Å². The third-order valence-electron chi connectivity index (χ3n) is 3.55. The molecule has 1 fully saturated rings. The van der Waals surface area contributed by atoms with Crippen molar-refractivity contribution in [3.8, 4) is 0 Å². The number of sulfone groups is 1. The van der Waals surface area contributed by atoms with E-state index in [9.17, 15) is 8.42 Å². The first-order chi connectivity index (χ1) is 9.28. The Bertz CT molecular complexity index is 536. The standard InChI is InChI=1S/C14H23NO4S/c1-14(2,3)12-8-19-15-13(12)10-20(16,17)9-11-5-4-6-18-7-11/h8,11H,4-7,9-10H2,1-3H3. The van der Waals surface area contributed by atoms with Gasteiger partial charge in [0.25, 0.3) is 0 Å². The summed E-state index contributed by atoms with van der Waals surface area (Å²) in [5.41, 5.74) is 1.23. The van der Waals surface area contributed by atoms with Gasteiger partial charge < -0.3 is 9.26 Å². The van der Waals surface area contributed by atoms with Gasteiger partial charge in [-0.25, -0.2) is 8.42 Å². The topological polar surface area (TPSA) is 69.4 Å². The molecule has 5 nitrogen and oxygen atoms in total. The Kier molecular flexibility index (Phi) is 4.54. The molecule has 0 radical (unpaired) electrons. The Morgan fingerprint density at radius 2 is 2.15 bits per heavy atom. The van der Waals surface area contributed by atoms with Crippen molar-refractivity contribution in [3.05, 3.63) is 17.5 Å². The summed E-state index contributed by atoms with van der Waals surface area (Å²) in [5.74, 6) is 0.231. The zero-order valence-corrected chi connectivity index (χ0v) is 13.2. The van der Waals surface area contributed by atoms with Crippen LogP contribution in [0.15, 0.2) is 10.8 Å². The van der Waals surface area contributed by atoms with Crippen molar-refractivity contribution in [1.82, 2.24) is 5.16 Å². The minimum Gasteiger partial charge on any atom is -0.381 e. The Morgan fingerprint density at radius 3 is 2.75 bits per heavy atom. The second kappa shape index (κ2) is 5.85. The lowest BCUT2D eigenvalue weighted by atomic mass is 9.88. The number of rotatable bonds is 4. The summed E-state index contributed by atoms with van der Waals surface area (Å²) in [5, 5.41) is 3.88. The zero-order valence-electron chi connectivity index (χ0n) is 12.4. The highest BCUT2D eigenvalue weighted by molar-refractivity contribution is 7.90. The molecule has 0 aliphatic carbocycles. The average molecular weight is 301 g/mol. The maximum Gasteiger partial charge on any atom is 0.156 e. The van der Waals surface area contributed by atoms with Crippen LogP contribution in [0.3, 0.4) is 0 Å². The van der Waals surface area contributed by atoms with Crippen LogP contribution < -0.4 is 0 Å². The number of hydrogen-bond donors (Lipinski definition) is 0. The van der Waals surface area contributed by atoms with E-state index in [1.54, 1.807) is 6.26 Å². The molecule has 1 aliphatic rings. The lowest BCUT2D eigenvalue weighted by Gasteiger charge is -2.22. The normalized spacial score (nSPS) is 21.1. The number of aromatic nitrogens is 1. The van der Waals surface area contributed by atoms with Crippen LogP contribution in [0, 0.1) is 5.92 Å². The molecule has 1 aliphatic heterocycles. The van der Waals surface area contributed by atoms with E-state index in [-0.39, 0.29) is 22.8 Å². The van der Waals surface area contributed by atoms with Crippen LogP contribution >= 0.6 is 0 Å². The van der Waals surface area contributed by atoms with Crippen LogP contribution in [0.1, 0.15) is 44.9 Å². The summed E-state index contributed by atoms with van der Waals surface area (Å²) in [6.07, 6.45) is 3.41. The minimum absolute atomic E-state index is 0.0490. The zero-order chi connectivity index (χ0) is 14.8. The van der Waals surface area contributed by atoms with Gasteiger partial charge in [-0.1, -0.05) is 25.9 Å². The summed E-state index contributed by atoms with van der Waals surface area (Å²) >= 11 is 0. The van der Waals surface area contributed by atoms with E-state index in [1.807, 2.05) is 20.8 Å². The summed E-state index contributed by atoms with van der Waals surface area (Å²) in [6, 6.07) is 0. The van der Waals surface area contributed by atoms with Crippen LogP contribution in [-0.4, -0.2) is 32.5 Å². The second-order valence-corrected chi connectivity index (χ2v) is 8.67. The molecular formula is C14H23NO4S. The average Bonchev–Trinajstić information content (AvgIpc) is 2.76. The van der Waals surface area contributed by atoms with Crippen molar-refractivity contribution in [3.63, 3.8) is 0 Å². The summed E-state index contributed by atoms with van der Waals surface area (Å²) < 4.78 is 34.9. The summed E-state index contributed by atoms with van der Waals surface area (Å²) in [4.78, 5) is 0. The highest BCUT2D eigenvalue weighted by Gasteiger charge is 2.27. The van der Waals surface area contributed by atoms with Gasteiger partial charge in [-0.3, -0.25) is 0 Å². The number of hydrogen-bond acceptors (Lipinski definition) is 5. The third-order valence-corrected chi connectivity index (χ3v) is 5.25. The summed E-state index contributed by atoms with van der Waals surface area (Å²) in [6.45, 7) is 7.35. The quantitative estimate of drug-likeness (QED) is 0.853. The van der Waals surface area contributed by atoms with Gasteiger partial charge in [0.2, 0.25) is 0 Å². The molecule has 1 saturated heterocycles. The predicted octanol–water partition coefficient (Wildman–Crippen LogP) is 2.31. The van der Waals surface area contributed by atoms with Crippen molar-refractivity contribution >= 4 is 9.84 Å². The predicted molar refractivity (Wildman–Crippen MR) is 76.2 cm³/mol. The maximum absolute atomic E-state index is 12.3. The number of nitrogens with zero attached hydrogens (tertiary/aromatic N) is 1. The summed E-state index contributed by atoms with van der Waals surface area (Å²) in [7, 11) is -3.19. The number of ether oxygens (including phenoxy) is 1. The van der Waals surface area contributed by atoms with E-state index >= 15 is 0 Å². The van der Waals surface area contributed by atoms with Crippen molar-refractivity contribution in [2.45, 2.75) is 44.8 Å². The fraction of sp³-hybridized carbons (Fsp3) is 0.786. The van der Waals surface area contributed by atoms with Crippen molar-refractivity contribution in [2.75, 3.05) is 19.0 Å². The Hall–Kier alpha value is -0.880. The Balaban J connectivity index is 2.06. The molecule has 0 aromatic carbocycles. The molecule has 6 heteroatoms. The van der Waals surface area contributed by atoms with Gasteiger partial charge in [-0.05, 0) is 24.2 Å². The second-order valence-electron chi connectivity index (χ2n) is 6.56. The third kappa shape index (κ3) is 4.06.